The molecule has 0 fully saturated rings. The van der Waals surface area contributed by atoms with E-state index < -0.39 is 0 Å². The summed E-state index contributed by atoms with van der Waals surface area (Å²) >= 11 is 0. The molecule has 0 unspecified atom stereocenters. The van der Waals surface area contributed by atoms with Gasteiger partial charge in [-0.2, -0.15) is 0 Å². The van der Waals surface area contributed by atoms with Crippen LogP contribution in [0, 0.1) is 6.92 Å². The maximum Gasteiger partial charge on any atom is 0.240 e. The summed E-state index contributed by atoms with van der Waals surface area (Å²) in [5, 5.41) is 3.69. The average Bonchev–Trinajstić information content (AvgIpc) is 2.98. The van der Waals surface area contributed by atoms with Crippen LogP contribution < -0.4 is 10.1 Å². The van der Waals surface area contributed by atoms with E-state index in [2.05, 4.69) is 5.32 Å². The molecule has 0 bridgehead atoms. The Hall–Kier alpha value is -3.08. The molecule has 5 heteroatoms. The van der Waals surface area contributed by atoms with Crippen molar-refractivity contribution in [3.8, 4) is 5.75 Å². The largest absolute Gasteiger partial charge is 0.497 e. The smallest absolute Gasteiger partial charge is 0.240 e. The van der Waals surface area contributed by atoms with Gasteiger partial charge in [0.05, 0.1) is 7.11 Å². The zero-order chi connectivity index (χ0) is 17.8. The lowest BCUT2D eigenvalue weighted by Crippen LogP contribution is -2.26. The lowest BCUT2D eigenvalue weighted by molar-refractivity contribution is -0.121. The number of fused-ring (bicyclic) bond motifs is 1. The monoisotopic (exact) mass is 336 g/mol. The highest BCUT2D eigenvalue weighted by Gasteiger charge is 2.11. The number of nitrogens with zero attached hydrogens (tertiary/aromatic N) is 1. The first-order chi connectivity index (χ1) is 12.1. The average molecular weight is 336 g/mol. The number of amides is 1. The van der Waals surface area contributed by atoms with E-state index in [1.807, 2.05) is 43.3 Å². The number of rotatable bonds is 6. The van der Waals surface area contributed by atoms with Gasteiger partial charge < -0.3 is 14.6 Å². The van der Waals surface area contributed by atoms with Crippen LogP contribution in [0.15, 0.2) is 48.7 Å². The van der Waals surface area contributed by atoms with Crippen LogP contribution in [0.4, 0.5) is 0 Å². The summed E-state index contributed by atoms with van der Waals surface area (Å²) in [6.45, 7) is 2.66. The van der Waals surface area contributed by atoms with E-state index in [0.29, 0.717) is 17.9 Å². The first kappa shape index (κ1) is 16.8. The molecule has 3 aromatic rings. The topological polar surface area (TPSA) is 60.3 Å². The fourth-order valence-corrected chi connectivity index (χ4v) is 2.77. The predicted octanol–water partition coefficient (Wildman–Crippen LogP) is 3.09. The molecule has 2 aromatic carbocycles. The van der Waals surface area contributed by atoms with Crippen LogP contribution >= 0.6 is 0 Å². The fraction of sp³-hybridized carbons (Fsp3) is 0.200. The fourth-order valence-electron chi connectivity index (χ4n) is 2.77. The number of carbonyl (C=O) groups excluding carboxylic acids is 2. The van der Waals surface area contributed by atoms with Crippen LogP contribution in [0.5, 0.6) is 5.75 Å². The van der Waals surface area contributed by atoms with E-state index in [-0.39, 0.29) is 12.5 Å². The van der Waals surface area contributed by atoms with Crippen molar-refractivity contribution in [1.82, 2.24) is 9.88 Å². The van der Waals surface area contributed by atoms with Crippen molar-refractivity contribution in [3.63, 3.8) is 0 Å². The molecular formula is C20H20N2O3. The van der Waals surface area contributed by atoms with Crippen molar-refractivity contribution in [2.24, 2.45) is 0 Å². The van der Waals surface area contributed by atoms with Gasteiger partial charge in [0.25, 0.3) is 0 Å². The van der Waals surface area contributed by atoms with Crippen molar-refractivity contribution >= 4 is 23.1 Å². The molecule has 1 amide bonds. The molecule has 5 nitrogen and oxygen atoms in total. The van der Waals surface area contributed by atoms with Gasteiger partial charge in [-0.1, -0.05) is 29.8 Å². The zero-order valence-corrected chi connectivity index (χ0v) is 14.3. The highest BCUT2D eigenvalue weighted by Crippen LogP contribution is 2.25. The van der Waals surface area contributed by atoms with E-state index in [0.717, 1.165) is 22.8 Å². The van der Waals surface area contributed by atoms with Gasteiger partial charge in [0.15, 0.2) is 6.29 Å². The molecule has 128 valence electrons. The van der Waals surface area contributed by atoms with E-state index in [1.54, 1.807) is 23.9 Å². The molecule has 3 rings (SSSR count). The summed E-state index contributed by atoms with van der Waals surface area (Å²) in [6, 6.07) is 13.5. The Bertz CT molecular complexity index is 911. The third kappa shape index (κ3) is 3.71. The summed E-state index contributed by atoms with van der Waals surface area (Å²) in [4.78, 5) is 23.6. The molecule has 0 atom stereocenters. The van der Waals surface area contributed by atoms with Gasteiger partial charge in [-0.15, -0.1) is 0 Å². The normalized spacial score (nSPS) is 10.6. The molecular weight excluding hydrogens is 316 g/mol. The van der Waals surface area contributed by atoms with Crippen LogP contribution in [0.2, 0.25) is 0 Å². The Labute approximate surface area is 146 Å². The molecule has 0 aliphatic carbocycles. The summed E-state index contributed by atoms with van der Waals surface area (Å²) < 4.78 is 6.98. The second-order valence-electron chi connectivity index (χ2n) is 5.98. The Morgan fingerprint density at radius 1 is 1.20 bits per heavy atom. The highest BCUT2D eigenvalue weighted by molar-refractivity contribution is 5.98. The number of hydrogen-bond donors (Lipinski definition) is 1. The summed E-state index contributed by atoms with van der Waals surface area (Å²) in [7, 11) is 1.58. The number of hydrogen-bond acceptors (Lipinski definition) is 3. The number of aromatic nitrogens is 1. The molecule has 0 radical (unpaired) electrons. The van der Waals surface area contributed by atoms with Gasteiger partial charge in [-0.05, 0) is 30.7 Å². The van der Waals surface area contributed by atoms with Crippen molar-refractivity contribution < 1.29 is 14.3 Å². The maximum atomic E-state index is 12.3. The lowest BCUT2D eigenvalue weighted by atomic mass is 10.1. The van der Waals surface area contributed by atoms with Gasteiger partial charge in [0.2, 0.25) is 5.91 Å². The highest BCUT2D eigenvalue weighted by atomic mass is 16.5. The second-order valence-corrected chi connectivity index (χ2v) is 5.98. The van der Waals surface area contributed by atoms with Crippen LogP contribution in [-0.2, 0) is 17.9 Å². The van der Waals surface area contributed by atoms with Gasteiger partial charge in [-0.25, -0.2) is 0 Å². The number of nitrogens with one attached hydrogen (secondary N) is 1. The first-order valence-corrected chi connectivity index (χ1v) is 8.05. The Kier molecular flexibility index (Phi) is 4.84. The van der Waals surface area contributed by atoms with Crippen molar-refractivity contribution in [1.29, 1.82) is 0 Å². The third-order valence-corrected chi connectivity index (χ3v) is 4.17. The lowest BCUT2D eigenvalue weighted by Gasteiger charge is -2.08. The quantitative estimate of drug-likeness (QED) is 0.704. The molecule has 0 saturated carbocycles. The van der Waals surface area contributed by atoms with Crippen LogP contribution in [0.3, 0.4) is 0 Å². The van der Waals surface area contributed by atoms with E-state index in [9.17, 15) is 9.59 Å². The van der Waals surface area contributed by atoms with E-state index >= 15 is 0 Å². The second kappa shape index (κ2) is 7.21. The van der Waals surface area contributed by atoms with Crippen LogP contribution in [0.25, 0.3) is 10.9 Å². The van der Waals surface area contributed by atoms with Gasteiger partial charge in [0.1, 0.15) is 12.3 Å². The van der Waals surface area contributed by atoms with Gasteiger partial charge >= 0.3 is 0 Å². The number of carbonyl (C=O) groups is 2. The Morgan fingerprint density at radius 2 is 1.96 bits per heavy atom. The Balaban J connectivity index is 1.74. The summed E-state index contributed by atoms with van der Waals surface area (Å²) in [5.74, 6) is 0.572. The predicted molar refractivity (Wildman–Crippen MR) is 96.9 cm³/mol. The maximum absolute atomic E-state index is 12.3. The molecule has 1 aromatic heterocycles. The number of benzene rings is 2. The first-order valence-electron chi connectivity index (χ1n) is 8.05. The summed E-state index contributed by atoms with van der Waals surface area (Å²) in [6.07, 6.45) is 2.49. The summed E-state index contributed by atoms with van der Waals surface area (Å²) in [5.41, 5.74) is 3.61. The van der Waals surface area contributed by atoms with Gasteiger partial charge in [0, 0.05) is 29.2 Å². The minimum Gasteiger partial charge on any atom is -0.497 e. The Morgan fingerprint density at radius 3 is 2.64 bits per heavy atom. The molecule has 1 N–H and O–H groups in total. The minimum atomic E-state index is -0.106. The number of ether oxygens (including phenoxy) is 1. The minimum absolute atomic E-state index is 0.106. The standard InChI is InChI=1S/C20H20N2O3/c1-14-3-5-15(6-4-14)10-21-20(24)12-22-11-16(13-23)18-9-17(25-2)7-8-19(18)22/h3-9,11,13H,10,12H2,1-2H3,(H,21,24). The van der Waals surface area contributed by atoms with Crippen molar-refractivity contribution in [3.05, 3.63) is 65.4 Å². The zero-order valence-electron chi connectivity index (χ0n) is 14.3. The molecule has 0 spiro atoms. The van der Waals surface area contributed by atoms with Crippen LogP contribution in [0.1, 0.15) is 21.5 Å². The number of aldehydes is 1. The number of methoxy groups -OCH3 is 1. The molecule has 0 aliphatic rings. The third-order valence-electron chi connectivity index (χ3n) is 4.17. The van der Waals surface area contributed by atoms with E-state index in [1.165, 1.54) is 5.56 Å². The molecule has 1 heterocycles. The molecule has 0 aliphatic heterocycles. The number of aryl methyl sites for hydroxylation is 1. The van der Waals surface area contributed by atoms with Crippen molar-refractivity contribution in [2.75, 3.05) is 7.11 Å². The molecule has 25 heavy (non-hydrogen) atoms. The van der Waals surface area contributed by atoms with E-state index in [4.69, 9.17) is 4.74 Å². The molecule has 0 saturated heterocycles. The van der Waals surface area contributed by atoms with Crippen LogP contribution in [-0.4, -0.2) is 23.9 Å². The van der Waals surface area contributed by atoms with Gasteiger partial charge in [-0.3, -0.25) is 9.59 Å². The SMILES string of the molecule is COc1ccc2c(c1)c(C=O)cn2CC(=O)NCc1ccc(C)cc1. The van der Waals surface area contributed by atoms with Crippen molar-refractivity contribution in [2.45, 2.75) is 20.0 Å².